The summed E-state index contributed by atoms with van der Waals surface area (Å²) in [4.78, 5) is 30.1. The summed E-state index contributed by atoms with van der Waals surface area (Å²) in [5.41, 5.74) is -1.78. The van der Waals surface area contributed by atoms with Crippen LogP contribution in [0.15, 0.2) is 34.3 Å². The van der Waals surface area contributed by atoms with Crippen molar-refractivity contribution in [2.45, 2.75) is 45.5 Å². The highest BCUT2D eigenvalue weighted by atomic mass is 32.1. The van der Waals surface area contributed by atoms with Gasteiger partial charge < -0.3 is 14.5 Å². The minimum atomic E-state index is -4.66. The molecule has 13 heteroatoms. The van der Waals surface area contributed by atoms with Crippen LogP contribution >= 0.6 is 11.3 Å². The second-order valence-corrected chi connectivity index (χ2v) is 8.89. The van der Waals surface area contributed by atoms with Crippen molar-refractivity contribution < 1.29 is 31.9 Å². The van der Waals surface area contributed by atoms with Gasteiger partial charge in [0.05, 0.1) is 6.26 Å². The van der Waals surface area contributed by atoms with E-state index in [1.54, 1.807) is 26.8 Å². The van der Waals surface area contributed by atoms with Gasteiger partial charge in [0, 0.05) is 18.5 Å². The van der Waals surface area contributed by atoms with Crippen LogP contribution in [0.3, 0.4) is 0 Å². The first-order valence-corrected chi connectivity index (χ1v) is 10.6. The first-order chi connectivity index (χ1) is 15.3. The van der Waals surface area contributed by atoms with Gasteiger partial charge in [0.1, 0.15) is 23.2 Å². The lowest BCUT2D eigenvalue weighted by Gasteiger charge is -2.23. The van der Waals surface area contributed by atoms with Gasteiger partial charge in [-0.25, -0.2) is 14.5 Å². The number of aromatic nitrogens is 3. The molecule has 0 aromatic carbocycles. The number of hydrogen-bond acceptors (Lipinski definition) is 7. The molecule has 0 aliphatic heterocycles. The highest BCUT2D eigenvalue weighted by Gasteiger charge is 2.36. The molecule has 0 aliphatic carbocycles. The Morgan fingerprint density at radius 2 is 2.00 bits per heavy atom. The maximum atomic E-state index is 13.3. The third kappa shape index (κ3) is 5.72. The zero-order valence-electron chi connectivity index (χ0n) is 18.4. The van der Waals surface area contributed by atoms with Crippen LogP contribution in [0.25, 0.3) is 16.6 Å². The Morgan fingerprint density at radius 1 is 1.30 bits per heavy atom. The lowest BCUT2D eigenvalue weighted by molar-refractivity contribution is -0.141. The number of nitrogens with zero attached hydrogens (tertiary/aromatic N) is 4. The number of alkyl carbamates (subject to hydrolysis) is 1. The summed E-state index contributed by atoms with van der Waals surface area (Å²) in [5, 5.41) is 7.67. The molecule has 9 nitrogen and oxygen atoms in total. The van der Waals surface area contributed by atoms with Crippen molar-refractivity contribution in [3.05, 3.63) is 35.5 Å². The van der Waals surface area contributed by atoms with Crippen molar-refractivity contribution in [2.24, 2.45) is 0 Å². The molecule has 0 fully saturated rings. The molecule has 3 heterocycles. The van der Waals surface area contributed by atoms with Crippen LogP contribution in [0.4, 0.5) is 23.8 Å². The molecule has 0 saturated carbocycles. The van der Waals surface area contributed by atoms with Crippen LogP contribution in [-0.4, -0.2) is 45.5 Å². The average molecular weight is 485 g/mol. The van der Waals surface area contributed by atoms with Gasteiger partial charge >= 0.3 is 12.3 Å². The molecule has 1 atom stereocenters. The van der Waals surface area contributed by atoms with Crippen LogP contribution in [0.1, 0.15) is 33.4 Å². The average Bonchev–Trinajstić information content (AvgIpc) is 3.43. The number of hydrogen-bond donors (Lipinski definition) is 1. The number of ether oxygens (including phenoxy) is 1. The number of furan rings is 1. The van der Waals surface area contributed by atoms with Crippen molar-refractivity contribution >= 4 is 29.2 Å². The third-order valence-electron chi connectivity index (χ3n) is 4.21. The summed E-state index contributed by atoms with van der Waals surface area (Å²) < 4.78 is 51.1. The van der Waals surface area contributed by atoms with E-state index in [0.717, 1.165) is 22.1 Å². The molecule has 33 heavy (non-hydrogen) atoms. The van der Waals surface area contributed by atoms with Crippen LogP contribution in [0, 0.1) is 0 Å². The minimum absolute atomic E-state index is 0.0576. The van der Waals surface area contributed by atoms with E-state index in [9.17, 15) is 22.8 Å². The molecule has 0 aliphatic rings. The van der Waals surface area contributed by atoms with E-state index in [0.29, 0.717) is 0 Å². The Balaban J connectivity index is 1.83. The van der Waals surface area contributed by atoms with Crippen molar-refractivity contribution in [3.63, 3.8) is 0 Å². The van der Waals surface area contributed by atoms with Crippen molar-refractivity contribution in [2.75, 3.05) is 11.9 Å². The monoisotopic (exact) mass is 485 g/mol. The molecule has 2 amide bonds. The number of alkyl halides is 3. The zero-order chi connectivity index (χ0) is 24.6. The van der Waals surface area contributed by atoms with E-state index in [4.69, 9.17) is 9.15 Å². The van der Waals surface area contributed by atoms with Gasteiger partial charge in [0.15, 0.2) is 11.5 Å². The molecule has 178 valence electrons. The van der Waals surface area contributed by atoms with E-state index in [1.165, 1.54) is 36.6 Å². The van der Waals surface area contributed by atoms with Gasteiger partial charge in [-0.2, -0.15) is 18.3 Å². The number of carbonyl (C=O) groups is 2. The quantitative estimate of drug-likeness (QED) is 0.572. The van der Waals surface area contributed by atoms with E-state index < -0.39 is 35.5 Å². The fraction of sp³-hybridized carbons (Fsp3) is 0.400. The number of rotatable bonds is 5. The standard InChI is InChI=1S/C20H22F3N5O4S/c1-11(24-18(30)32-19(2,3)4)16(29)27(5)15-10-33-17(25-15)28-12(13-7-6-8-31-13)9-14(26-28)20(21,22)23/h6-11H,1-5H3,(H,24,30). The van der Waals surface area contributed by atoms with Crippen LogP contribution in [0.5, 0.6) is 0 Å². The first-order valence-electron chi connectivity index (χ1n) is 9.70. The van der Waals surface area contributed by atoms with Crippen LogP contribution < -0.4 is 10.2 Å². The summed E-state index contributed by atoms with van der Waals surface area (Å²) in [6, 6.07) is 2.97. The maximum absolute atomic E-state index is 13.3. The summed E-state index contributed by atoms with van der Waals surface area (Å²) in [5.74, 6) is -0.151. The second-order valence-electron chi connectivity index (χ2n) is 8.06. The predicted molar refractivity (Wildman–Crippen MR) is 114 cm³/mol. The Kier molecular flexibility index (Phi) is 6.54. The summed E-state index contributed by atoms with van der Waals surface area (Å²) in [6.07, 6.45) is -4.09. The fourth-order valence-corrected chi connectivity index (χ4v) is 3.53. The van der Waals surface area contributed by atoms with Crippen LogP contribution in [0.2, 0.25) is 0 Å². The first kappa shape index (κ1) is 24.3. The highest BCUT2D eigenvalue weighted by molar-refractivity contribution is 7.12. The van der Waals surface area contributed by atoms with E-state index >= 15 is 0 Å². The van der Waals surface area contributed by atoms with E-state index in [2.05, 4.69) is 15.4 Å². The van der Waals surface area contributed by atoms with Crippen molar-refractivity contribution in [1.82, 2.24) is 20.1 Å². The number of amides is 2. The number of nitrogens with one attached hydrogen (secondary N) is 1. The Morgan fingerprint density at radius 3 is 2.58 bits per heavy atom. The number of halogens is 3. The van der Waals surface area contributed by atoms with Gasteiger partial charge in [-0.1, -0.05) is 0 Å². The number of likely N-dealkylation sites (N-methyl/N-ethyl adjacent to an activating group) is 1. The summed E-state index contributed by atoms with van der Waals surface area (Å²) in [7, 11) is 1.44. The SMILES string of the molecule is CC(NC(=O)OC(C)(C)C)C(=O)N(C)c1csc(-n2nc(C(F)(F)F)cc2-c2ccco2)n1. The van der Waals surface area contributed by atoms with Gasteiger partial charge in [-0.3, -0.25) is 9.69 Å². The maximum Gasteiger partial charge on any atom is 0.435 e. The molecule has 3 rings (SSSR count). The Bertz CT molecular complexity index is 1130. The van der Waals surface area contributed by atoms with Crippen molar-refractivity contribution in [1.29, 1.82) is 0 Å². The molecule has 3 aromatic rings. The van der Waals surface area contributed by atoms with Gasteiger partial charge in [-0.05, 0) is 39.8 Å². The number of carbonyl (C=O) groups excluding carboxylic acids is 2. The molecule has 0 spiro atoms. The largest absolute Gasteiger partial charge is 0.463 e. The van der Waals surface area contributed by atoms with Crippen LogP contribution in [-0.2, 0) is 15.7 Å². The van der Waals surface area contributed by atoms with E-state index in [1.807, 2.05) is 0 Å². The molecule has 1 unspecified atom stereocenters. The molecule has 0 bridgehead atoms. The van der Waals surface area contributed by atoms with E-state index in [-0.39, 0.29) is 22.4 Å². The molecule has 0 radical (unpaired) electrons. The lowest BCUT2D eigenvalue weighted by atomic mass is 10.2. The summed E-state index contributed by atoms with van der Waals surface area (Å²) >= 11 is 0.992. The molecule has 1 N–H and O–H groups in total. The zero-order valence-corrected chi connectivity index (χ0v) is 19.2. The molecular formula is C20H22F3N5O4S. The number of thiazole rings is 1. The lowest BCUT2D eigenvalue weighted by Crippen LogP contribution is -2.47. The predicted octanol–water partition coefficient (Wildman–Crippen LogP) is 4.48. The second kappa shape index (κ2) is 8.89. The van der Waals surface area contributed by atoms with Gasteiger partial charge in [-0.15, -0.1) is 11.3 Å². The van der Waals surface area contributed by atoms with Crippen molar-refractivity contribution in [3.8, 4) is 16.6 Å². The highest BCUT2D eigenvalue weighted by Crippen LogP contribution is 2.34. The fourth-order valence-electron chi connectivity index (χ4n) is 2.72. The number of anilines is 1. The van der Waals surface area contributed by atoms with Gasteiger partial charge in [0.2, 0.25) is 11.0 Å². The molecule has 3 aromatic heterocycles. The Hall–Kier alpha value is -3.35. The molecular weight excluding hydrogens is 463 g/mol. The summed E-state index contributed by atoms with van der Waals surface area (Å²) in [6.45, 7) is 6.56. The third-order valence-corrected chi connectivity index (χ3v) is 5.02. The smallest absolute Gasteiger partial charge is 0.435 e. The Labute approximate surface area is 191 Å². The normalized spacial score (nSPS) is 13.0. The minimum Gasteiger partial charge on any atom is -0.463 e. The topological polar surface area (TPSA) is 102 Å². The van der Waals surface area contributed by atoms with Gasteiger partial charge in [0.25, 0.3) is 0 Å². The molecule has 0 saturated heterocycles.